The molecule has 0 bridgehead atoms. The minimum Gasteiger partial charge on any atom is -0.310 e. The lowest BCUT2D eigenvalue weighted by atomic mass is 9.77. The molecule has 0 amide bonds. The molecule has 1 N–H and O–H groups in total. The van der Waals surface area contributed by atoms with E-state index in [9.17, 15) is 4.39 Å². The van der Waals surface area contributed by atoms with Crippen LogP contribution in [-0.2, 0) is 0 Å². The Labute approximate surface area is 126 Å². The zero-order chi connectivity index (χ0) is 14.5. The van der Waals surface area contributed by atoms with Crippen LogP contribution in [0, 0.1) is 17.7 Å². The maximum Gasteiger partial charge on any atom is 0.129 e. The van der Waals surface area contributed by atoms with Crippen LogP contribution in [-0.4, -0.2) is 6.54 Å². The van der Waals surface area contributed by atoms with Crippen LogP contribution in [0.15, 0.2) is 18.2 Å². The average Bonchev–Trinajstić information content (AvgIpc) is 2.42. The minimum atomic E-state index is -0.176. The van der Waals surface area contributed by atoms with Crippen LogP contribution in [0.2, 0.25) is 5.02 Å². The van der Waals surface area contributed by atoms with Gasteiger partial charge in [0.15, 0.2) is 0 Å². The summed E-state index contributed by atoms with van der Waals surface area (Å²) in [4.78, 5) is 0. The first-order valence-corrected chi connectivity index (χ1v) is 8.18. The fraction of sp³-hybridized carbons (Fsp3) is 0.647. The summed E-state index contributed by atoms with van der Waals surface area (Å²) in [5, 5.41) is 4.02. The Morgan fingerprint density at radius 1 is 1.30 bits per heavy atom. The monoisotopic (exact) mass is 297 g/mol. The van der Waals surface area contributed by atoms with Crippen molar-refractivity contribution in [1.82, 2.24) is 5.32 Å². The van der Waals surface area contributed by atoms with Crippen molar-refractivity contribution in [2.75, 3.05) is 6.54 Å². The molecular formula is C17H25ClFN. The predicted octanol–water partition coefficient (Wildman–Crippen LogP) is 5.35. The third-order valence-electron chi connectivity index (χ3n) is 4.44. The number of halogens is 2. The van der Waals surface area contributed by atoms with E-state index in [4.69, 9.17) is 11.6 Å². The molecule has 2 rings (SSSR count). The van der Waals surface area contributed by atoms with Gasteiger partial charge in [-0.2, -0.15) is 0 Å². The molecule has 1 nitrogen and oxygen atoms in total. The highest BCUT2D eigenvalue weighted by atomic mass is 35.5. The van der Waals surface area contributed by atoms with Crippen molar-refractivity contribution in [1.29, 1.82) is 0 Å². The summed E-state index contributed by atoms with van der Waals surface area (Å²) in [6.45, 7) is 5.39. The first-order valence-electron chi connectivity index (χ1n) is 7.80. The summed E-state index contributed by atoms with van der Waals surface area (Å²) in [5.41, 5.74) is 0.780. The van der Waals surface area contributed by atoms with Crippen molar-refractivity contribution in [3.8, 4) is 0 Å². The summed E-state index contributed by atoms with van der Waals surface area (Å²) < 4.78 is 14.2. The minimum absolute atomic E-state index is 0.125. The molecule has 112 valence electrons. The van der Waals surface area contributed by atoms with E-state index < -0.39 is 0 Å². The van der Waals surface area contributed by atoms with Gasteiger partial charge in [-0.15, -0.1) is 0 Å². The molecule has 1 atom stereocenters. The van der Waals surface area contributed by atoms with E-state index in [2.05, 4.69) is 19.2 Å². The predicted molar refractivity (Wildman–Crippen MR) is 83.6 cm³/mol. The number of nitrogens with one attached hydrogen (secondary N) is 1. The summed E-state index contributed by atoms with van der Waals surface area (Å²) in [6, 6.07) is 5.21. The summed E-state index contributed by atoms with van der Waals surface area (Å²) in [7, 11) is 0. The zero-order valence-corrected chi connectivity index (χ0v) is 13.2. The van der Waals surface area contributed by atoms with Crippen molar-refractivity contribution < 1.29 is 4.39 Å². The number of benzene rings is 1. The van der Waals surface area contributed by atoms with Gasteiger partial charge in [-0.05, 0) is 49.8 Å². The van der Waals surface area contributed by atoms with E-state index in [-0.39, 0.29) is 11.9 Å². The van der Waals surface area contributed by atoms with Crippen LogP contribution >= 0.6 is 11.6 Å². The summed E-state index contributed by atoms with van der Waals surface area (Å²) in [6.07, 6.45) is 5.94. The van der Waals surface area contributed by atoms with Crippen LogP contribution in [0.5, 0.6) is 0 Å². The lowest BCUT2D eigenvalue weighted by molar-refractivity contribution is 0.228. The van der Waals surface area contributed by atoms with Gasteiger partial charge >= 0.3 is 0 Å². The Morgan fingerprint density at radius 2 is 2.00 bits per heavy atom. The lowest BCUT2D eigenvalue weighted by Gasteiger charge is -2.34. The molecule has 3 heteroatoms. The number of hydrogen-bond acceptors (Lipinski definition) is 1. The molecule has 0 heterocycles. The SMILES string of the molecule is CCCNC(c1ccc(Cl)cc1F)C1CCC(C)CC1. The third-order valence-corrected chi connectivity index (χ3v) is 4.68. The van der Waals surface area contributed by atoms with E-state index in [1.54, 1.807) is 6.07 Å². The Bertz CT molecular complexity index is 427. The average molecular weight is 298 g/mol. The van der Waals surface area contributed by atoms with Gasteiger partial charge in [0.1, 0.15) is 5.82 Å². The van der Waals surface area contributed by atoms with Gasteiger partial charge in [-0.3, -0.25) is 0 Å². The summed E-state index contributed by atoms with van der Waals surface area (Å²) >= 11 is 5.87. The largest absolute Gasteiger partial charge is 0.310 e. The van der Waals surface area contributed by atoms with E-state index in [1.807, 2.05) is 6.07 Å². The highest BCUT2D eigenvalue weighted by Gasteiger charge is 2.28. The zero-order valence-electron chi connectivity index (χ0n) is 12.5. The molecule has 0 saturated heterocycles. The molecule has 20 heavy (non-hydrogen) atoms. The van der Waals surface area contributed by atoms with Gasteiger partial charge in [0.25, 0.3) is 0 Å². The quantitative estimate of drug-likeness (QED) is 0.773. The van der Waals surface area contributed by atoms with Gasteiger partial charge in [-0.25, -0.2) is 4.39 Å². The summed E-state index contributed by atoms with van der Waals surface area (Å²) in [5.74, 6) is 1.17. The second-order valence-corrected chi connectivity index (χ2v) is 6.55. The van der Waals surface area contributed by atoms with E-state index >= 15 is 0 Å². The molecule has 0 spiro atoms. The van der Waals surface area contributed by atoms with Crippen molar-refractivity contribution >= 4 is 11.6 Å². The van der Waals surface area contributed by atoms with Gasteiger partial charge in [0.05, 0.1) is 0 Å². The fourth-order valence-corrected chi connectivity index (χ4v) is 3.36. The standard InChI is InChI=1S/C17H25ClFN/c1-3-10-20-17(13-6-4-12(2)5-7-13)15-9-8-14(18)11-16(15)19/h8-9,11-13,17,20H,3-7,10H2,1-2H3. The molecule has 0 aliphatic heterocycles. The Kier molecular flexibility index (Phi) is 5.86. The first kappa shape index (κ1) is 15.8. The second kappa shape index (κ2) is 7.42. The number of rotatable bonds is 5. The van der Waals surface area contributed by atoms with Crippen LogP contribution < -0.4 is 5.32 Å². The highest BCUT2D eigenvalue weighted by Crippen LogP contribution is 2.37. The topological polar surface area (TPSA) is 12.0 Å². The van der Waals surface area contributed by atoms with Crippen molar-refractivity contribution in [2.24, 2.45) is 11.8 Å². The maximum absolute atomic E-state index is 14.2. The molecule has 1 unspecified atom stereocenters. The molecule has 1 aromatic carbocycles. The second-order valence-electron chi connectivity index (χ2n) is 6.12. The van der Waals surface area contributed by atoms with Gasteiger partial charge in [-0.1, -0.05) is 44.4 Å². The van der Waals surface area contributed by atoms with Gasteiger partial charge in [0, 0.05) is 16.6 Å². The molecule has 1 saturated carbocycles. The lowest BCUT2D eigenvalue weighted by Crippen LogP contribution is -2.32. The van der Waals surface area contributed by atoms with Gasteiger partial charge < -0.3 is 5.32 Å². The first-order chi connectivity index (χ1) is 9.61. The molecular weight excluding hydrogens is 273 g/mol. The smallest absolute Gasteiger partial charge is 0.129 e. The molecule has 1 aliphatic rings. The fourth-order valence-electron chi connectivity index (χ4n) is 3.20. The Balaban J connectivity index is 2.17. The van der Waals surface area contributed by atoms with E-state index in [1.165, 1.54) is 31.7 Å². The molecule has 1 fully saturated rings. The van der Waals surface area contributed by atoms with Crippen molar-refractivity contribution in [3.63, 3.8) is 0 Å². The normalized spacial score (nSPS) is 24.6. The molecule has 1 aliphatic carbocycles. The molecule has 0 radical (unpaired) electrons. The maximum atomic E-state index is 14.2. The van der Waals surface area contributed by atoms with Crippen molar-refractivity contribution in [2.45, 2.75) is 52.0 Å². The van der Waals surface area contributed by atoms with Crippen LogP contribution in [0.3, 0.4) is 0 Å². The van der Waals surface area contributed by atoms with Crippen molar-refractivity contribution in [3.05, 3.63) is 34.6 Å². The molecule has 1 aromatic rings. The van der Waals surface area contributed by atoms with E-state index in [0.717, 1.165) is 24.4 Å². The van der Waals surface area contributed by atoms with Gasteiger partial charge in [0.2, 0.25) is 0 Å². The molecule has 0 aromatic heterocycles. The van der Waals surface area contributed by atoms with E-state index in [0.29, 0.717) is 10.9 Å². The van der Waals surface area contributed by atoms with Crippen LogP contribution in [0.4, 0.5) is 4.39 Å². The Morgan fingerprint density at radius 3 is 2.60 bits per heavy atom. The van der Waals surface area contributed by atoms with Crippen LogP contribution in [0.25, 0.3) is 0 Å². The third kappa shape index (κ3) is 3.95. The highest BCUT2D eigenvalue weighted by molar-refractivity contribution is 6.30. The Hall–Kier alpha value is -0.600. The van der Waals surface area contributed by atoms with Crippen LogP contribution in [0.1, 0.15) is 57.6 Å². The number of hydrogen-bond donors (Lipinski definition) is 1.